The van der Waals surface area contributed by atoms with Crippen LogP contribution in [0.4, 0.5) is 18.4 Å². The van der Waals surface area contributed by atoms with Crippen molar-refractivity contribution in [2.45, 2.75) is 118 Å². The highest BCUT2D eigenvalue weighted by Gasteiger charge is 2.21. The van der Waals surface area contributed by atoms with Crippen LogP contribution in [0.2, 0.25) is 0 Å². The van der Waals surface area contributed by atoms with Gasteiger partial charge in [-0.2, -0.15) is 10.2 Å². The molecule has 0 saturated carbocycles. The van der Waals surface area contributed by atoms with Crippen LogP contribution in [-0.4, -0.2) is 84.1 Å². The van der Waals surface area contributed by atoms with Gasteiger partial charge >= 0.3 is 18.2 Å². The molecule has 3 amide bonds. The molecule has 51 heavy (non-hydrogen) atoms. The van der Waals surface area contributed by atoms with Crippen LogP contribution in [0.3, 0.4) is 0 Å². The van der Waals surface area contributed by atoms with E-state index in [0.717, 1.165) is 4.68 Å². The van der Waals surface area contributed by atoms with Crippen molar-refractivity contribution in [3.63, 3.8) is 0 Å². The lowest BCUT2D eigenvalue weighted by Crippen LogP contribution is -2.41. The molecule has 0 fully saturated rings. The Kier molecular flexibility index (Phi) is 18.3. The molecule has 0 aromatic carbocycles. The van der Waals surface area contributed by atoms with Crippen molar-refractivity contribution >= 4 is 24.1 Å². The van der Waals surface area contributed by atoms with Gasteiger partial charge in [0, 0.05) is 36.6 Å². The third-order valence-corrected chi connectivity index (χ3v) is 5.11. The van der Waals surface area contributed by atoms with E-state index >= 15 is 0 Å². The molecule has 0 aliphatic carbocycles. The fourth-order valence-electron chi connectivity index (χ4n) is 3.34. The zero-order chi connectivity index (χ0) is 39.8. The molecule has 6 N–H and O–H groups in total. The molecule has 2 heterocycles. The number of nitrogens with one attached hydrogen (secondary N) is 3. The molecule has 0 aliphatic heterocycles. The Morgan fingerprint density at radius 1 is 0.745 bits per heavy atom. The van der Waals surface area contributed by atoms with E-state index in [-0.39, 0.29) is 54.5 Å². The fraction of sp³-hybridized carbons (Fsp3) is 0.588. The summed E-state index contributed by atoms with van der Waals surface area (Å²) in [6.45, 7) is 21.6. The van der Waals surface area contributed by atoms with Crippen LogP contribution in [0, 0.1) is 0 Å². The van der Waals surface area contributed by atoms with Gasteiger partial charge in [-0.3, -0.25) is 14.2 Å². The molecule has 2 rings (SSSR count). The van der Waals surface area contributed by atoms with Gasteiger partial charge in [0.15, 0.2) is 0 Å². The number of ether oxygens (including phenoxy) is 2. The van der Waals surface area contributed by atoms with Gasteiger partial charge in [0.05, 0.1) is 25.7 Å². The van der Waals surface area contributed by atoms with Crippen molar-refractivity contribution in [3.05, 3.63) is 59.7 Å². The SMILES string of the molecule is CC(C)(C)N.CC(C)(C)NC(=O)c1ccnn1C/C(=C/F)CNC(=O)OC(C)(C)C.CC(C)(C)OC(=O)NC/C(=C\F)Cn1nccc1C(=O)O. The lowest BCUT2D eigenvalue weighted by atomic mass is 10.1. The third-order valence-electron chi connectivity index (χ3n) is 5.11. The highest BCUT2D eigenvalue weighted by molar-refractivity contribution is 5.93. The van der Waals surface area contributed by atoms with Crippen LogP contribution in [0.1, 0.15) is 104 Å². The largest absolute Gasteiger partial charge is 0.477 e. The maximum absolute atomic E-state index is 13.1. The normalized spacial score (nSPS) is 12.4. The first kappa shape index (κ1) is 46.2. The van der Waals surface area contributed by atoms with Gasteiger partial charge in [-0.1, -0.05) is 0 Å². The molecule has 2 aromatic rings. The summed E-state index contributed by atoms with van der Waals surface area (Å²) in [4.78, 5) is 46.3. The third kappa shape index (κ3) is 23.3. The standard InChI is InChI=1S/C17H27FN4O3.C13H18FN3O4.C4H11N/c1-16(2,3)21-14(23)13-7-8-20-22(13)11-12(9-18)10-19-15(24)25-17(4,5)6;1-13(2,3)21-12(20)15-7-9(6-14)8-17-10(11(18)19)4-5-16-17;1-4(2,3)5/h7-9H,10-11H2,1-6H3,(H,19,24)(H,21,23);4-6H,7-8H2,1-3H3,(H,15,20)(H,18,19);5H2,1-3H3/b12-9+;9-6+;. The second kappa shape index (κ2) is 20.1. The van der Waals surface area contributed by atoms with Gasteiger partial charge in [-0.25, -0.2) is 23.2 Å². The molecule has 288 valence electrons. The quantitative estimate of drug-likeness (QED) is 0.208. The van der Waals surface area contributed by atoms with E-state index in [1.165, 1.54) is 23.1 Å². The number of hydrogen-bond donors (Lipinski definition) is 5. The minimum atomic E-state index is -1.16. The topological polar surface area (TPSA) is 205 Å². The molecule has 0 unspecified atom stereocenters. The molecule has 0 bridgehead atoms. The molecule has 0 radical (unpaired) electrons. The Labute approximate surface area is 299 Å². The molecule has 0 aliphatic rings. The van der Waals surface area contributed by atoms with E-state index in [4.69, 9.17) is 20.3 Å². The average Bonchev–Trinajstić information content (AvgIpc) is 3.59. The molecule has 0 spiro atoms. The number of carbonyl (C=O) groups excluding carboxylic acids is 3. The summed E-state index contributed by atoms with van der Waals surface area (Å²) in [5, 5.41) is 24.5. The number of nitrogens with two attached hydrogens (primary N) is 1. The number of alkyl carbamates (subject to hydrolysis) is 2. The van der Waals surface area contributed by atoms with Crippen LogP contribution in [0.15, 0.2) is 48.3 Å². The predicted octanol–water partition coefficient (Wildman–Crippen LogP) is 5.49. The van der Waals surface area contributed by atoms with E-state index in [2.05, 4.69) is 26.1 Å². The Morgan fingerprint density at radius 3 is 1.41 bits per heavy atom. The van der Waals surface area contributed by atoms with Crippen molar-refractivity contribution in [3.8, 4) is 0 Å². The summed E-state index contributed by atoms with van der Waals surface area (Å²) in [5.74, 6) is -1.46. The molecule has 17 heteroatoms. The van der Waals surface area contributed by atoms with E-state index in [9.17, 15) is 28.0 Å². The summed E-state index contributed by atoms with van der Waals surface area (Å²) in [5.41, 5.74) is 4.33. The van der Waals surface area contributed by atoms with Crippen LogP contribution in [0.5, 0.6) is 0 Å². The van der Waals surface area contributed by atoms with E-state index < -0.39 is 34.9 Å². The Morgan fingerprint density at radius 2 is 1.10 bits per heavy atom. The first-order chi connectivity index (χ1) is 23.1. The maximum atomic E-state index is 13.1. The van der Waals surface area contributed by atoms with Crippen LogP contribution in [-0.2, 0) is 22.6 Å². The van der Waals surface area contributed by atoms with Gasteiger partial charge in [0.2, 0.25) is 0 Å². The van der Waals surface area contributed by atoms with Crippen LogP contribution < -0.4 is 21.7 Å². The van der Waals surface area contributed by atoms with Crippen molar-refractivity contribution < 1.29 is 42.5 Å². The van der Waals surface area contributed by atoms with E-state index in [1.807, 2.05) is 41.5 Å². The highest BCUT2D eigenvalue weighted by Crippen LogP contribution is 2.10. The van der Waals surface area contributed by atoms with Crippen LogP contribution >= 0.6 is 0 Å². The number of nitrogens with zero attached hydrogens (tertiary/aromatic N) is 4. The maximum Gasteiger partial charge on any atom is 0.407 e. The summed E-state index contributed by atoms with van der Waals surface area (Å²) in [7, 11) is 0. The minimum Gasteiger partial charge on any atom is -0.477 e. The summed E-state index contributed by atoms with van der Waals surface area (Å²) < 4.78 is 38.6. The number of rotatable bonds is 10. The number of aromatic nitrogens is 4. The second-order valence-electron chi connectivity index (χ2n) is 15.4. The van der Waals surface area contributed by atoms with Crippen molar-refractivity contribution in [1.82, 2.24) is 35.5 Å². The number of hydrogen-bond acceptors (Lipinski definition) is 9. The average molecular weight is 727 g/mol. The minimum absolute atomic E-state index is 0. The zero-order valence-electron chi connectivity index (χ0n) is 31.8. The lowest BCUT2D eigenvalue weighted by Gasteiger charge is -2.21. The van der Waals surface area contributed by atoms with Gasteiger partial charge in [0.25, 0.3) is 5.91 Å². The zero-order valence-corrected chi connectivity index (χ0v) is 31.8. The Hall–Kier alpha value is -4.80. The number of carboxylic acid groups (broad SMARTS) is 1. The van der Waals surface area contributed by atoms with E-state index in [1.54, 1.807) is 47.6 Å². The highest BCUT2D eigenvalue weighted by atomic mass is 19.1. The van der Waals surface area contributed by atoms with Crippen molar-refractivity contribution in [2.24, 2.45) is 5.73 Å². The molecule has 15 nitrogen and oxygen atoms in total. The molecular formula is C34H56F2N8O7. The first-order valence-corrected chi connectivity index (χ1v) is 16.0. The number of aromatic carboxylic acids is 1. The molecular weight excluding hydrogens is 670 g/mol. The predicted molar refractivity (Wildman–Crippen MR) is 189 cm³/mol. The van der Waals surface area contributed by atoms with E-state index in [0.29, 0.717) is 18.4 Å². The number of amides is 3. The summed E-state index contributed by atoms with van der Waals surface area (Å²) in [6.07, 6.45) is 2.16. The number of halogens is 2. The second-order valence-corrected chi connectivity index (χ2v) is 15.4. The lowest BCUT2D eigenvalue weighted by molar-refractivity contribution is 0.0520. The molecule has 0 atom stereocenters. The van der Waals surface area contributed by atoms with Gasteiger partial charge < -0.3 is 36.3 Å². The first-order valence-electron chi connectivity index (χ1n) is 16.0. The molecule has 0 saturated heterocycles. The van der Waals surface area contributed by atoms with Gasteiger partial charge in [-0.15, -0.1) is 0 Å². The monoisotopic (exact) mass is 726 g/mol. The smallest absolute Gasteiger partial charge is 0.407 e. The number of carboxylic acids is 1. The van der Waals surface area contributed by atoms with Crippen LogP contribution in [0.25, 0.3) is 0 Å². The van der Waals surface area contributed by atoms with Gasteiger partial charge in [0.1, 0.15) is 22.6 Å². The Balaban J connectivity index is 0.000000874. The Bertz CT molecular complexity index is 1480. The molecule has 2 aromatic heterocycles. The number of carbonyl (C=O) groups is 4. The van der Waals surface area contributed by atoms with Gasteiger partial charge in [-0.05, 0) is 106 Å². The fourth-order valence-corrected chi connectivity index (χ4v) is 3.34. The van der Waals surface area contributed by atoms with Crippen molar-refractivity contribution in [1.29, 1.82) is 0 Å². The summed E-state index contributed by atoms with van der Waals surface area (Å²) in [6, 6.07) is 2.86. The van der Waals surface area contributed by atoms with Crippen molar-refractivity contribution in [2.75, 3.05) is 13.1 Å². The summed E-state index contributed by atoms with van der Waals surface area (Å²) >= 11 is 0.